The highest BCUT2D eigenvalue weighted by molar-refractivity contribution is 6.32. The first-order chi connectivity index (χ1) is 13.2. The maximum atomic E-state index is 12.5. The van der Waals surface area contributed by atoms with Gasteiger partial charge in [-0.25, -0.2) is 0 Å². The molecular weight excluding hydrogens is 397 g/mol. The molecule has 0 aromatic carbocycles. The molecule has 0 N–H and O–H groups in total. The number of hydrogen-bond acceptors (Lipinski definition) is 2. The van der Waals surface area contributed by atoms with Crippen LogP contribution in [0.5, 0.6) is 0 Å². The number of rotatable bonds is 2. The molecule has 1 aliphatic rings. The van der Waals surface area contributed by atoms with Crippen LogP contribution in [-0.2, 0) is 23.4 Å². The molecule has 2 nitrogen and oxygen atoms in total. The fraction of sp³-hybridized carbons (Fsp3) is 0.565. The number of hydrogen-bond donors (Lipinski definition) is 0. The quantitative estimate of drug-likeness (QED) is 0.500. The lowest BCUT2D eigenvalue weighted by Crippen LogP contribution is -2.19. The van der Waals surface area contributed by atoms with E-state index >= 15 is 0 Å². The van der Waals surface area contributed by atoms with Crippen LogP contribution in [0.4, 0.5) is 13.2 Å². The first-order valence-electron chi connectivity index (χ1n) is 9.87. The highest BCUT2D eigenvalue weighted by Crippen LogP contribution is 2.37. The van der Waals surface area contributed by atoms with Crippen molar-refractivity contribution >= 4 is 11.6 Å². The summed E-state index contributed by atoms with van der Waals surface area (Å²) in [5.41, 5.74) is 1.53. The van der Waals surface area contributed by atoms with Crippen LogP contribution in [0.15, 0.2) is 30.7 Å². The zero-order valence-corrected chi connectivity index (χ0v) is 18.7. The summed E-state index contributed by atoms with van der Waals surface area (Å²) in [4.78, 5) is 7.91. The molecule has 0 atom stereocenters. The lowest BCUT2D eigenvalue weighted by Gasteiger charge is -2.23. The predicted molar refractivity (Wildman–Crippen MR) is 112 cm³/mol. The van der Waals surface area contributed by atoms with Crippen molar-refractivity contribution in [1.82, 2.24) is 9.97 Å². The number of pyridine rings is 2. The van der Waals surface area contributed by atoms with E-state index in [1.807, 2.05) is 12.3 Å². The van der Waals surface area contributed by atoms with Crippen molar-refractivity contribution in [2.75, 3.05) is 0 Å². The van der Waals surface area contributed by atoms with E-state index in [9.17, 15) is 13.2 Å². The summed E-state index contributed by atoms with van der Waals surface area (Å²) in [7, 11) is 0. The molecule has 0 radical (unpaired) electrons. The second-order valence-electron chi connectivity index (χ2n) is 9.69. The summed E-state index contributed by atoms with van der Waals surface area (Å²) in [6.45, 7) is 11.8. The normalized spacial score (nSPS) is 15.0. The van der Waals surface area contributed by atoms with Crippen LogP contribution in [0.3, 0.4) is 0 Å². The molecule has 1 saturated carbocycles. The van der Waals surface area contributed by atoms with Gasteiger partial charge in [-0.1, -0.05) is 53.1 Å². The topological polar surface area (TPSA) is 25.8 Å². The molecule has 1 fully saturated rings. The van der Waals surface area contributed by atoms with Crippen molar-refractivity contribution in [3.05, 3.63) is 58.1 Å². The van der Waals surface area contributed by atoms with E-state index in [2.05, 4.69) is 30.7 Å². The van der Waals surface area contributed by atoms with Gasteiger partial charge in [0.05, 0.1) is 16.3 Å². The van der Waals surface area contributed by atoms with Crippen molar-refractivity contribution < 1.29 is 13.2 Å². The molecule has 2 heterocycles. The summed E-state index contributed by atoms with van der Waals surface area (Å²) in [5.74, 6) is 0.838. The zero-order valence-electron chi connectivity index (χ0n) is 18.0. The van der Waals surface area contributed by atoms with Gasteiger partial charge in [-0.05, 0) is 59.3 Å². The van der Waals surface area contributed by atoms with Crippen LogP contribution < -0.4 is 0 Å². The van der Waals surface area contributed by atoms with E-state index in [0.29, 0.717) is 0 Å². The summed E-state index contributed by atoms with van der Waals surface area (Å²) in [6.07, 6.45) is 3.58. The van der Waals surface area contributed by atoms with Gasteiger partial charge in [0.1, 0.15) is 0 Å². The maximum Gasteiger partial charge on any atom is 0.418 e. The van der Waals surface area contributed by atoms with Gasteiger partial charge in [0.2, 0.25) is 0 Å². The Kier molecular flexibility index (Phi) is 7.04. The fourth-order valence-corrected chi connectivity index (χ4v) is 3.55. The van der Waals surface area contributed by atoms with Crippen LogP contribution in [-0.4, -0.2) is 9.97 Å². The smallest absolute Gasteiger partial charge is 0.264 e. The Morgan fingerprint density at radius 1 is 0.897 bits per heavy atom. The van der Waals surface area contributed by atoms with E-state index in [1.54, 1.807) is 20.8 Å². The van der Waals surface area contributed by atoms with Crippen molar-refractivity contribution in [3.63, 3.8) is 0 Å². The van der Waals surface area contributed by atoms with E-state index in [1.165, 1.54) is 30.7 Å². The number of nitrogens with zero attached hydrogens (tertiary/aromatic N) is 2. The molecule has 1 aliphatic carbocycles. The molecule has 29 heavy (non-hydrogen) atoms. The van der Waals surface area contributed by atoms with Crippen molar-refractivity contribution in [3.8, 4) is 0 Å². The third-order valence-electron chi connectivity index (χ3n) is 4.88. The second-order valence-corrected chi connectivity index (χ2v) is 10.1. The Labute approximate surface area is 176 Å². The Bertz CT molecular complexity index is 796. The zero-order chi connectivity index (χ0) is 22.0. The SMILES string of the molecule is CC(C)(C)c1ccnc(CC2CC2)c1Cl.CC(C)(C)c1ccncc1C(F)(F)F. The van der Waals surface area contributed by atoms with E-state index in [0.717, 1.165) is 29.3 Å². The van der Waals surface area contributed by atoms with Crippen LogP contribution in [0.1, 0.15) is 76.8 Å². The van der Waals surface area contributed by atoms with Gasteiger partial charge in [-0.2, -0.15) is 13.2 Å². The number of aromatic nitrogens is 2. The molecule has 0 amide bonds. The van der Waals surface area contributed by atoms with Crippen LogP contribution in [0.25, 0.3) is 0 Å². The lowest BCUT2D eigenvalue weighted by molar-refractivity contribution is -0.138. The molecule has 0 saturated heterocycles. The van der Waals surface area contributed by atoms with Gasteiger partial charge in [0.25, 0.3) is 0 Å². The third kappa shape index (κ3) is 6.70. The Balaban J connectivity index is 0.000000208. The first kappa shape index (κ1) is 23.7. The van der Waals surface area contributed by atoms with Gasteiger partial charge < -0.3 is 0 Å². The minimum atomic E-state index is -4.32. The third-order valence-corrected chi connectivity index (χ3v) is 5.30. The first-order valence-corrected chi connectivity index (χ1v) is 10.2. The minimum Gasteiger partial charge on any atom is -0.264 e. The molecule has 160 valence electrons. The highest BCUT2D eigenvalue weighted by Gasteiger charge is 2.36. The lowest BCUT2D eigenvalue weighted by atomic mass is 9.84. The molecule has 0 spiro atoms. The van der Waals surface area contributed by atoms with E-state index < -0.39 is 17.2 Å². The summed E-state index contributed by atoms with van der Waals surface area (Å²) in [5, 5.41) is 0.886. The summed E-state index contributed by atoms with van der Waals surface area (Å²) in [6, 6.07) is 3.46. The van der Waals surface area contributed by atoms with Gasteiger partial charge in [0.15, 0.2) is 0 Å². The summed E-state index contributed by atoms with van der Waals surface area (Å²) < 4.78 is 37.6. The van der Waals surface area contributed by atoms with Crippen molar-refractivity contribution in [2.45, 2.75) is 77.8 Å². The van der Waals surface area contributed by atoms with Gasteiger partial charge in [-0.15, -0.1) is 0 Å². The molecule has 2 aromatic heterocycles. The van der Waals surface area contributed by atoms with Crippen LogP contribution in [0.2, 0.25) is 5.02 Å². The molecule has 0 unspecified atom stereocenters. The van der Waals surface area contributed by atoms with Crippen molar-refractivity contribution in [1.29, 1.82) is 0 Å². The molecule has 3 rings (SSSR count). The molecule has 2 aromatic rings. The van der Waals surface area contributed by atoms with Crippen LogP contribution >= 0.6 is 11.6 Å². The second kappa shape index (κ2) is 8.63. The Morgan fingerprint density at radius 3 is 1.90 bits per heavy atom. The van der Waals surface area contributed by atoms with E-state index in [-0.39, 0.29) is 11.0 Å². The van der Waals surface area contributed by atoms with Gasteiger partial charge >= 0.3 is 6.18 Å². The molecule has 6 heteroatoms. The summed E-state index contributed by atoms with van der Waals surface area (Å²) >= 11 is 6.40. The fourth-order valence-electron chi connectivity index (χ4n) is 3.08. The Hall–Kier alpha value is -1.62. The molecular formula is C23H30ClF3N2. The monoisotopic (exact) mass is 426 g/mol. The number of alkyl halides is 3. The predicted octanol–water partition coefficient (Wildman–Crippen LogP) is 7.38. The Morgan fingerprint density at radius 2 is 1.45 bits per heavy atom. The van der Waals surface area contributed by atoms with Crippen molar-refractivity contribution in [2.24, 2.45) is 5.92 Å². The maximum absolute atomic E-state index is 12.5. The van der Waals surface area contributed by atoms with Gasteiger partial charge in [-0.3, -0.25) is 9.97 Å². The highest BCUT2D eigenvalue weighted by atomic mass is 35.5. The molecule has 0 aliphatic heterocycles. The van der Waals surface area contributed by atoms with Gasteiger partial charge in [0, 0.05) is 18.6 Å². The number of halogens is 4. The van der Waals surface area contributed by atoms with E-state index in [4.69, 9.17) is 11.6 Å². The van der Waals surface area contributed by atoms with Crippen LogP contribution in [0, 0.1) is 5.92 Å². The largest absolute Gasteiger partial charge is 0.418 e. The standard InChI is InChI=1S/C13H18ClN.C10H12F3N/c1-13(2,3)10-6-7-15-11(12(10)14)8-9-4-5-9;1-9(2,3)7-4-5-14-6-8(7)10(11,12)13/h6-7,9H,4-5,8H2,1-3H3;4-6H,1-3H3. The average Bonchev–Trinajstić information content (AvgIpc) is 3.39. The molecule has 0 bridgehead atoms. The minimum absolute atomic E-state index is 0.109. The average molecular weight is 427 g/mol.